The zero-order valence-corrected chi connectivity index (χ0v) is 11.2. The quantitative estimate of drug-likeness (QED) is 0.889. The Hall–Kier alpha value is -1.19. The summed E-state index contributed by atoms with van der Waals surface area (Å²) in [5.74, 6) is 0.549. The lowest BCUT2D eigenvalue weighted by Gasteiger charge is -2.05. The van der Waals surface area contributed by atoms with Crippen LogP contribution in [0.4, 0.5) is 0 Å². The molecule has 1 atom stereocenters. The Morgan fingerprint density at radius 3 is 2.24 bits per heavy atom. The lowest BCUT2D eigenvalue weighted by Crippen LogP contribution is -1.90. The van der Waals surface area contributed by atoms with Gasteiger partial charge in [0.2, 0.25) is 0 Å². The Morgan fingerprint density at radius 2 is 1.76 bits per heavy atom. The summed E-state index contributed by atoms with van der Waals surface area (Å²) >= 11 is 1.50. The summed E-state index contributed by atoms with van der Waals surface area (Å²) in [6.07, 6.45) is -0.483. The maximum Gasteiger partial charge on any atom is 0.122 e. The molecule has 0 bridgehead atoms. The summed E-state index contributed by atoms with van der Waals surface area (Å²) in [5.41, 5.74) is 3.39. The van der Waals surface area contributed by atoms with Crippen molar-refractivity contribution in [2.75, 3.05) is 0 Å². The van der Waals surface area contributed by atoms with Gasteiger partial charge in [-0.05, 0) is 18.4 Å². The highest BCUT2D eigenvalue weighted by molar-refractivity contribution is 7.10. The predicted octanol–water partition coefficient (Wildman–Crippen LogP) is 3.99. The Morgan fingerprint density at radius 1 is 1.12 bits per heavy atom. The molecule has 0 aliphatic rings. The van der Waals surface area contributed by atoms with Gasteiger partial charge in [0.05, 0.1) is 5.69 Å². The minimum Gasteiger partial charge on any atom is -0.386 e. The van der Waals surface area contributed by atoms with Gasteiger partial charge in [0.1, 0.15) is 11.1 Å². The van der Waals surface area contributed by atoms with Gasteiger partial charge in [-0.2, -0.15) is 0 Å². The van der Waals surface area contributed by atoms with E-state index in [-0.39, 0.29) is 0 Å². The Bertz CT molecular complexity index is 485. The van der Waals surface area contributed by atoms with E-state index in [4.69, 9.17) is 0 Å². The summed E-state index contributed by atoms with van der Waals surface area (Å²) in [6, 6.07) is 8.47. The fourth-order valence-electron chi connectivity index (χ4n) is 1.65. The number of aromatic nitrogens is 1. The van der Waals surface area contributed by atoms with Gasteiger partial charge in [0.15, 0.2) is 0 Å². The molecular formula is C14H17NOS. The zero-order chi connectivity index (χ0) is 12.4. The second kappa shape index (κ2) is 4.98. The van der Waals surface area contributed by atoms with E-state index in [1.807, 2.05) is 5.38 Å². The Kier molecular flexibility index (Phi) is 3.60. The van der Waals surface area contributed by atoms with Crippen LogP contribution < -0.4 is 0 Å². The van der Waals surface area contributed by atoms with Crippen LogP contribution in [-0.2, 0) is 0 Å². The largest absolute Gasteiger partial charge is 0.386 e. The zero-order valence-electron chi connectivity index (χ0n) is 10.3. The summed E-state index contributed by atoms with van der Waals surface area (Å²) in [7, 11) is 0. The number of hydrogen-bond donors (Lipinski definition) is 1. The molecule has 3 heteroatoms. The van der Waals surface area contributed by atoms with Crippen molar-refractivity contribution in [3.05, 3.63) is 40.2 Å². The van der Waals surface area contributed by atoms with Gasteiger partial charge >= 0.3 is 0 Å². The second-order valence-electron chi connectivity index (χ2n) is 4.52. The summed E-state index contributed by atoms with van der Waals surface area (Å²) in [6.45, 7) is 6.11. The average Bonchev–Trinajstić information content (AvgIpc) is 2.78. The van der Waals surface area contributed by atoms with E-state index >= 15 is 0 Å². The standard InChI is InChI=1S/C14H17NOS/c1-9(2)11-4-6-12(7-5-11)13-8-17-14(15-13)10(3)16/h4-10,16H,1-3H3. The van der Waals surface area contributed by atoms with E-state index in [0.29, 0.717) is 5.92 Å². The minimum atomic E-state index is -0.483. The van der Waals surface area contributed by atoms with Crippen LogP contribution in [0.15, 0.2) is 29.6 Å². The first-order valence-corrected chi connectivity index (χ1v) is 6.69. The summed E-state index contributed by atoms with van der Waals surface area (Å²) in [5, 5.41) is 12.2. The molecule has 0 aliphatic carbocycles. The van der Waals surface area contributed by atoms with Crippen LogP contribution in [0.25, 0.3) is 11.3 Å². The smallest absolute Gasteiger partial charge is 0.122 e. The maximum absolute atomic E-state index is 9.45. The van der Waals surface area contributed by atoms with Crippen LogP contribution in [0, 0.1) is 0 Å². The first kappa shape index (κ1) is 12.3. The maximum atomic E-state index is 9.45. The van der Waals surface area contributed by atoms with Crippen molar-refractivity contribution in [1.29, 1.82) is 0 Å². The molecule has 2 aromatic rings. The second-order valence-corrected chi connectivity index (χ2v) is 5.41. The van der Waals surface area contributed by atoms with E-state index in [0.717, 1.165) is 16.3 Å². The number of aliphatic hydroxyl groups is 1. The van der Waals surface area contributed by atoms with Crippen LogP contribution in [0.1, 0.15) is 43.4 Å². The monoisotopic (exact) mass is 247 g/mol. The van der Waals surface area contributed by atoms with Crippen molar-refractivity contribution >= 4 is 11.3 Å². The van der Waals surface area contributed by atoms with Crippen LogP contribution >= 0.6 is 11.3 Å². The lowest BCUT2D eigenvalue weighted by atomic mass is 10.0. The molecule has 0 amide bonds. The fourth-order valence-corrected chi connectivity index (χ4v) is 2.42. The molecule has 0 saturated heterocycles. The molecule has 0 aliphatic heterocycles. The van der Waals surface area contributed by atoms with E-state index in [1.165, 1.54) is 16.9 Å². The van der Waals surface area contributed by atoms with Gasteiger partial charge in [-0.3, -0.25) is 0 Å². The van der Waals surface area contributed by atoms with Gasteiger partial charge in [-0.15, -0.1) is 11.3 Å². The van der Waals surface area contributed by atoms with Gasteiger partial charge in [-0.25, -0.2) is 4.98 Å². The van der Waals surface area contributed by atoms with Crippen molar-refractivity contribution in [2.45, 2.75) is 32.8 Å². The molecule has 2 nitrogen and oxygen atoms in total. The fraction of sp³-hybridized carbons (Fsp3) is 0.357. The van der Waals surface area contributed by atoms with Crippen molar-refractivity contribution < 1.29 is 5.11 Å². The minimum absolute atomic E-state index is 0.483. The summed E-state index contributed by atoms with van der Waals surface area (Å²) in [4.78, 5) is 4.42. The van der Waals surface area contributed by atoms with Crippen LogP contribution in [0.5, 0.6) is 0 Å². The molecule has 1 unspecified atom stereocenters. The molecule has 2 rings (SSSR count). The van der Waals surface area contributed by atoms with Crippen LogP contribution in [-0.4, -0.2) is 10.1 Å². The van der Waals surface area contributed by atoms with E-state index in [1.54, 1.807) is 6.92 Å². The molecule has 1 aromatic heterocycles. The summed E-state index contributed by atoms with van der Waals surface area (Å²) < 4.78 is 0. The van der Waals surface area contributed by atoms with Gasteiger partial charge in [0, 0.05) is 10.9 Å². The molecule has 0 spiro atoms. The normalized spacial score (nSPS) is 13.0. The highest BCUT2D eigenvalue weighted by Gasteiger charge is 2.08. The van der Waals surface area contributed by atoms with Crippen LogP contribution in [0.3, 0.4) is 0 Å². The number of benzene rings is 1. The Labute approximate surface area is 106 Å². The number of rotatable bonds is 3. The molecule has 0 fully saturated rings. The number of hydrogen-bond acceptors (Lipinski definition) is 3. The first-order chi connectivity index (χ1) is 8.08. The van der Waals surface area contributed by atoms with Crippen LogP contribution in [0.2, 0.25) is 0 Å². The molecule has 90 valence electrons. The molecule has 0 radical (unpaired) electrons. The molecule has 1 N–H and O–H groups in total. The third-order valence-electron chi connectivity index (χ3n) is 2.75. The number of aliphatic hydroxyl groups excluding tert-OH is 1. The molecular weight excluding hydrogens is 230 g/mol. The van der Waals surface area contributed by atoms with Crippen molar-refractivity contribution in [1.82, 2.24) is 4.98 Å². The molecule has 0 saturated carbocycles. The van der Waals surface area contributed by atoms with E-state index < -0.39 is 6.10 Å². The van der Waals surface area contributed by atoms with Crippen molar-refractivity contribution in [2.24, 2.45) is 0 Å². The highest BCUT2D eigenvalue weighted by atomic mass is 32.1. The van der Waals surface area contributed by atoms with E-state index in [9.17, 15) is 5.11 Å². The molecule has 1 heterocycles. The number of nitrogens with zero attached hydrogens (tertiary/aromatic N) is 1. The van der Waals surface area contributed by atoms with Crippen molar-refractivity contribution in [3.8, 4) is 11.3 Å². The first-order valence-electron chi connectivity index (χ1n) is 5.81. The number of thiazole rings is 1. The molecule has 1 aromatic carbocycles. The van der Waals surface area contributed by atoms with Gasteiger partial charge in [-0.1, -0.05) is 38.1 Å². The van der Waals surface area contributed by atoms with E-state index in [2.05, 4.69) is 43.1 Å². The third-order valence-corrected chi connectivity index (χ3v) is 3.77. The third kappa shape index (κ3) is 2.73. The lowest BCUT2D eigenvalue weighted by molar-refractivity contribution is 0.199. The topological polar surface area (TPSA) is 33.1 Å². The highest BCUT2D eigenvalue weighted by Crippen LogP contribution is 2.26. The molecule has 17 heavy (non-hydrogen) atoms. The van der Waals surface area contributed by atoms with Gasteiger partial charge in [0.25, 0.3) is 0 Å². The average molecular weight is 247 g/mol. The SMILES string of the molecule is CC(C)c1ccc(-c2csc(C(C)O)n2)cc1. The Balaban J connectivity index is 2.27. The van der Waals surface area contributed by atoms with Gasteiger partial charge < -0.3 is 5.11 Å². The predicted molar refractivity (Wildman–Crippen MR) is 72.3 cm³/mol. The van der Waals surface area contributed by atoms with Crippen molar-refractivity contribution in [3.63, 3.8) is 0 Å².